The van der Waals surface area contributed by atoms with Crippen molar-refractivity contribution in [1.29, 1.82) is 0 Å². The summed E-state index contributed by atoms with van der Waals surface area (Å²) in [7, 11) is 0. The molecule has 0 spiro atoms. The van der Waals surface area contributed by atoms with E-state index in [1.54, 1.807) is 6.20 Å². The third-order valence-corrected chi connectivity index (χ3v) is 4.21. The zero-order valence-electron chi connectivity index (χ0n) is 14.9. The first-order valence-corrected chi connectivity index (χ1v) is 8.67. The average Bonchev–Trinajstić information content (AvgIpc) is 2.64. The van der Waals surface area contributed by atoms with Crippen LogP contribution in [0.3, 0.4) is 0 Å². The summed E-state index contributed by atoms with van der Waals surface area (Å²) in [6.45, 7) is 5.15. The van der Waals surface area contributed by atoms with Gasteiger partial charge in [-0.25, -0.2) is 4.79 Å². The number of hydrogen-bond acceptors (Lipinski definition) is 3. The van der Waals surface area contributed by atoms with E-state index in [2.05, 4.69) is 47.7 Å². The molecule has 3 N–H and O–H groups in total. The minimum absolute atomic E-state index is 0.0105. The third-order valence-electron chi connectivity index (χ3n) is 4.21. The SMILES string of the molecule is Cc1cccc(C(C)CNC(=O)NCC(CO)Cc2ccccn2)c1. The van der Waals surface area contributed by atoms with Gasteiger partial charge in [0.15, 0.2) is 0 Å². The first-order valence-electron chi connectivity index (χ1n) is 8.67. The molecule has 1 aromatic heterocycles. The van der Waals surface area contributed by atoms with Gasteiger partial charge in [-0.3, -0.25) is 4.98 Å². The van der Waals surface area contributed by atoms with Gasteiger partial charge >= 0.3 is 6.03 Å². The van der Waals surface area contributed by atoms with Crippen molar-refractivity contribution in [3.8, 4) is 0 Å². The van der Waals surface area contributed by atoms with Crippen LogP contribution >= 0.6 is 0 Å². The number of benzene rings is 1. The van der Waals surface area contributed by atoms with Gasteiger partial charge in [-0.15, -0.1) is 0 Å². The Labute approximate surface area is 149 Å². The first-order chi connectivity index (χ1) is 12.1. The molecule has 1 aromatic carbocycles. The number of aliphatic hydroxyl groups is 1. The standard InChI is InChI=1S/C20H27N3O2/c1-15-6-5-7-18(10-15)16(2)12-22-20(25)23-13-17(14-24)11-19-8-3-4-9-21-19/h3-10,16-17,24H,11-14H2,1-2H3,(H2,22,23,25). The van der Waals surface area contributed by atoms with Crippen LogP contribution in [0.1, 0.15) is 29.7 Å². The molecule has 0 aliphatic heterocycles. The van der Waals surface area contributed by atoms with Crippen molar-refractivity contribution in [3.63, 3.8) is 0 Å². The Bertz CT molecular complexity index is 661. The van der Waals surface area contributed by atoms with Gasteiger partial charge in [-0.1, -0.05) is 42.8 Å². The van der Waals surface area contributed by atoms with Crippen LogP contribution in [0.2, 0.25) is 0 Å². The second kappa shape index (κ2) is 9.79. The quantitative estimate of drug-likeness (QED) is 0.691. The van der Waals surface area contributed by atoms with Gasteiger partial charge in [0.25, 0.3) is 0 Å². The minimum atomic E-state index is -0.209. The Morgan fingerprint density at radius 2 is 1.96 bits per heavy atom. The van der Waals surface area contributed by atoms with Crippen molar-refractivity contribution in [3.05, 3.63) is 65.5 Å². The molecule has 0 radical (unpaired) electrons. The van der Waals surface area contributed by atoms with Crippen LogP contribution < -0.4 is 10.6 Å². The predicted molar refractivity (Wildman–Crippen MR) is 99.5 cm³/mol. The Morgan fingerprint density at radius 3 is 2.64 bits per heavy atom. The molecule has 0 bridgehead atoms. The van der Waals surface area contributed by atoms with Crippen molar-refractivity contribution in [2.75, 3.05) is 19.7 Å². The number of pyridine rings is 1. The number of urea groups is 1. The summed E-state index contributed by atoms with van der Waals surface area (Å²) >= 11 is 0. The molecule has 0 fully saturated rings. The lowest BCUT2D eigenvalue weighted by Crippen LogP contribution is -2.40. The van der Waals surface area contributed by atoms with Crippen LogP contribution in [0.5, 0.6) is 0 Å². The lowest BCUT2D eigenvalue weighted by molar-refractivity contribution is 0.213. The highest BCUT2D eigenvalue weighted by atomic mass is 16.3. The maximum atomic E-state index is 12.0. The van der Waals surface area contributed by atoms with Gasteiger partial charge in [0.05, 0.1) is 0 Å². The normalized spacial score (nSPS) is 13.1. The summed E-state index contributed by atoms with van der Waals surface area (Å²) in [5.74, 6) is 0.197. The fourth-order valence-corrected chi connectivity index (χ4v) is 2.66. The van der Waals surface area contributed by atoms with E-state index in [1.165, 1.54) is 11.1 Å². The van der Waals surface area contributed by atoms with Gasteiger partial charge in [0.2, 0.25) is 0 Å². The monoisotopic (exact) mass is 341 g/mol. The molecular weight excluding hydrogens is 314 g/mol. The Balaban J connectivity index is 1.74. The summed E-state index contributed by atoms with van der Waals surface area (Å²) in [6.07, 6.45) is 2.37. The molecule has 0 saturated heterocycles. The molecule has 0 aliphatic carbocycles. The van der Waals surface area contributed by atoms with E-state index in [1.807, 2.05) is 24.3 Å². The highest BCUT2D eigenvalue weighted by molar-refractivity contribution is 5.73. The summed E-state index contributed by atoms with van der Waals surface area (Å²) in [6, 6.07) is 13.8. The predicted octanol–water partition coefficient (Wildman–Crippen LogP) is 2.64. The molecule has 5 nitrogen and oxygen atoms in total. The number of aliphatic hydroxyl groups excluding tert-OH is 1. The van der Waals surface area contributed by atoms with Crippen LogP contribution in [0.4, 0.5) is 4.79 Å². The number of hydrogen-bond donors (Lipinski definition) is 3. The van der Waals surface area contributed by atoms with E-state index in [0.29, 0.717) is 19.5 Å². The summed E-state index contributed by atoms with van der Waals surface area (Å²) in [5, 5.41) is 15.2. The van der Waals surface area contributed by atoms with Crippen molar-refractivity contribution >= 4 is 6.03 Å². The van der Waals surface area contributed by atoms with Crippen LogP contribution in [-0.4, -0.2) is 35.8 Å². The van der Waals surface area contributed by atoms with Crippen LogP contribution in [0, 0.1) is 12.8 Å². The van der Waals surface area contributed by atoms with Crippen LogP contribution in [-0.2, 0) is 6.42 Å². The maximum absolute atomic E-state index is 12.0. The Morgan fingerprint density at radius 1 is 1.16 bits per heavy atom. The molecule has 0 saturated carbocycles. The number of carbonyl (C=O) groups excluding carboxylic acids is 1. The fourth-order valence-electron chi connectivity index (χ4n) is 2.66. The second-order valence-electron chi connectivity index (χ2n) is 6.48. The van der Waals surface area contributed by atoms with E-state index < -0.39 is 0 Å². The smallest absolute Gasteiger partial charge is 0.314 e. The zero-order chi connectivity index (χ0) is 18.1. The van der Waals surface area contributed by atoms with Crippen molar-refractivity contribution < 1.29 is 9.90 Å². The van der Waals surface area contributed by atoms with Gasteiger partial charge in [0, 0.05) is 37.5 Å². The summed E-state index contributed by atoms with van der Waals surface area (Å²) < 4.78 is 0. The van der Waals surface area contributed by atoms with E-state index in [-0.39, 0.29) is 24.5 Å². The molecule has 1 heterocycles. The molecule has 2 amide bonds. The summed E-state index contributed by atoms with van der Waals surface area (Å²) in [4.78, 5) is 16.3. The van der Waals surface area contributed by atoms with Gasteiger partial charge in [-0.2, -0.15) is 0 Å². The number of rotatable bonds is 8. The highest BCUT2D eigenvalue weighted by Crippen LogP contribution is 2.15. The van der Waals surface area contributed by atoms with E-state index in [4.69, 9.17) is 0 Å². The number of amides is 2. The lowest BCUT2D eigenvalue weighted by atomic mass is 9.99. The van der Waals surface area contributed by atoms with Crippen molar-refractivity contribution in [1.82, 2.24) is 15.6 Å². The van der Waals surface area contributed by atoms with E-state index in [0.717, 1.165) is 5.69 Å². The van der Waals surface area contributed by atoms with Gasteiger partial charge in [0.1, 0.15) is 0 Å². The third kappa shape index (κ3) is 6.55. The average molecular weight is 341 g/mol. The molecular formula is C20H27N3O2. The molecule has 2 rings (SSSR count). The number of aromatic nitrogens is 1. The number of aryl methyl sites for hydroxylation is 1. The second-order valence-corrected chi connectivity index (χ2v) is 6.48. The van der Waals surface area contributed by atoms with E-state index >= 15 is 0 Å². The molecule has 134 valence electrons. The lowest BCUT2D eigenvalue weighted by Gasteiger charge is -2.17. The molecule has 2 aromatic rings. The number of carbonyl (C=O) groups is 1. The number of nitrogens with one attached hydrogen (secondary N) is 2. The molecule has 2 atom stereocenters. The van der Waals surface area contributed by atoms with Crippen molar-refractivity contribution in [2.24, 2.45) is 5.92 Å². The molecule has 5 heteroatoms. The largest absolute Gasteiger partial charge is 0.396 e. The molecule has 2 unspecified atom stereocenters. The van der Waals surface area contributed by atoms with Crippen LogP contribution in [0.15, 0.2) is 48.7 Å². The van der Waals surface area contributed by atoms with Gasteiger partial charge < -0.3 is 15.7 Å². The maximum Gasteiger partial charge on any atom is 0.314 e. The van der Waals surface area contributed by atoms with Crippen LogP contribution in [0.25, 0.3) is 0 Å². The molecule has 25 heavy (non-hydrogen) atoms. The van der Waals surface area contributed by atoms with Gasteiger partial charge in [-0.05, 0) is 37.0 Å². The Kier molecular flexibility index (Phi) is 7.41. The highest BCUT2D eigenvalue weighted by Gasteiger charge is 2.12. The Hall–Kier alpha value is -2.40. The summed E-state index contributed by atoms with van der Waals surface area (Å²) in [5.41, 5.74) is 3.34. The topological polar surface area (TPSA) is 74.2 Å². The molecule has 0 aliphatic rings. The first kappa shape index (κ1) is 18.9. The van der Waals surface area contributed by atoms with E-state index in [9.17, 15) is 9.90 Å². The fraction of sp³-hybridized carbons (Fsp3) is 0.400. The number of nitrogens with zero attached hydrogens (tertiary/aromatic N) is 1. The minimum Gasteiger partial charge on any atom is -0.396 e. The zero-order valence-corrected chi connectivity index (χ0v) is 14.9. The van der Waals surface area contributed by atoms with Crippen molar-refractivity contribution in [2.45, 2.75) is 26.2 Å².